The van der Waals surface area contributed by atoms with Gasteiger partial charge in [0.2, 0.25) is 0 Å². The summed E-state index contributed by atoms with van der Waals surface area (Å²) >= 11 is 4.82. The van der Waals surface area contributed by atoms with E-state index in [1.807, 2.05) is 0 Å². The molecule has 0 aliphatic carbocycles. The molecule has 0 aliphatic rings. The Bertz CT molecular complexity index is 183. The van der Waals surface area contributed by atoms with Gasteiger partial charge in [-0.1, -0.05) is 0 Å². The monoisotopic (exact) mass is 146 g/mol. The number of halogens is 1. The number of nitriles is 1. The lowest BCUT2D eigenvalue weighted by molar-refractivity contribution is -0.121. The van der Waals surface area contributed by atoms with Crippen molar-refractivity contribution in [2.75, 3.05) is 7.05 Å². The summed E-state index contributed by atoms with van der Waals surface area (Å²) in [6.07, 6.45) is 0. The first-order chi connectivity index (χ1) is 4.09. The second-order valence-electron chi connectivity index (χ2n) is 1.23. The van der Waals surface area contributed by atoms with Crippen LogP contribution in [0.3, 0.4) is 0 Å². The van der Waals surface area contributed by atoms with Gasteiger partial charge >= 0.3 is 11.3 Å². The van der Waals surface area contributed by atoms with E-state index < -0.39 is 11.3 Å². The summed E-state index contributed by atoms with van der Waals surface area (Å²) in [6, 6.07) is 1.23. The first-order valence-corrected chi connectivity index (χ1v) is 2.34. The third kappa shape index (κ3) is 2.11. The van der Waals surface area contributed by atoms with Crippen molar-refractivity contribution in [2.45, 2.75) is 0 Å². The van der Waals surface area contributed by atoms with Gasteiger partial charge in [0, 0.05) is 7.05 Å². The Hall–Kier alpha value is -1.08. The highest BCUT2D eigenvalue weighted by atomic mass is 35.5. The maximum Gasteiger partial charge on any atom is 0.332 e. The molecular weight excluding hydrogens is 144 g/mol. The van der Waals surface area contributed by atoms with Gasteiger partial charge < -0.3 is 0 Å². The standard InChI is InChI=1S/C4H3ClN2O2/c1-7(4(5)9)3(8)2-6/h1H3. The van der Waals surface area contributed by atoms with Crippen molar-refractivity contribution in [1.82, 2.24) is 4.90 Å². The van der Waals surface area contributed by atoms with Crippen molar-refractivity contribution in [1.29, 1.82) is 5.26 Å². The molecule has 0 aromatic rings. The van der Waals surface area contributed by atoms with Crippen LogP contribution in [0.4, 0.5) is 4.79 Å². The Kier molecular flexibility index (Phi) is 2.68. The molecule has 0 radical (unpaired) electrons. The highest BCUT2D eigenvalue weighted by Gasteiger charge is 2.11. The molecule has 4 nitrogen and oxygen atoms in total. The lowest BCUT2D eigenvalue weighted by Gasteiger charge is -2.02. The summed E-state index contributed by atoms with van der Waals surface area (Å²) in [7, 11) is 1.13. The van der Waals surface area contributed by atoms with E-state index in [1.165, 1.54) is 6.07 Å². The maximum atomic E-state index is 10.2. The van der Waals surface area contributed by atoms with Crippen LogP contribution in [-0.2, 0) is 4.79 Å². The molecule has 0 saturated carbocycles. The number of imide groups is 1. The molecule has 0 N–H and O–H groups in total. The Morgan fingerprint density at radius 1 is 1.67 bits per heavy atom. The van der Waals surface area contributed by atoms with Crippen molar-refractivity contribution in [3.63, 3.8) is 0 Å². The van der Waals surface area contributed by atoms with Crippen LogP contribution >= 0.6 is 11.6 Å². The zero-order valence-electron chi connectivity index (χ0n) is 4.59. The molecule has 0 saturated heterocycles. The Morgan fingerprint density at radius 2 is 2.11 bits per heavy atom. The largest absolute Gasteiger partial charge is 0.332 e. The number of hydrogen-bond donors (Lipinski definition) is 0. The number of nitrogens with zero attached hydrogens (tertiary/aromatic N) is 2. The van der Waals surface area contributed by atoms with E-state index in [9.17, 15) is 9.59 Å². The van der Waals surface area contributed by atoms with Crippen LogP contribution in [0, 0.1) is 11.3 Å². The minimum absolute atomic E-state index is 0.515. The molecule has 48 valence electrons. The van der Waals surface area contributed by atoms with Crippen molar-refractivity contribution in [2.24, 2.45) is 0 Å². The van der Waals surface area contributed by atoms with Crippen LogP contribution in [0.2, 0.25) is 0 Å². The van der Waals surface area contributed by atoms with Crippen LogP contribution < -0.4 is 0 Å². The predicted octanol–water partition coefficient (Wildman–Crippen LogP) is 0.327. The quantitative estimate of drug-likeness (QED) is 0.281. The smallest absolute Gasteiger partial charge is 0.259 e. The molecule has 0 aromatic heterocycles. The fraction of sp³-hybridized carbons (Fsp3) is 0.250. The summed E-state index contributed by atoms with van der Waals surface area (Å²) in [5, 5.41) is 6.95. The number of hydrogen-bond acceptors (Lipinski definition) is 3. The van der Waals surface area contributed by atoms with E-state index in [4.69, 9.17) is 16.9 Å². The molecular formula is C4H3ClN2O2. The Morgan fingerprint density at radius 3 is 2.22 bits per heavy atom. The van der Waals surface area contributed by atoms with Crippen LogP contribution in [0.1, 0.15) is 0 Å². The second-order valence-corrected chi connectivity index (χ2v) is 1.55. The van der Waals surface area contributed by atoms with E-state index in [-0.39, 0.29) is 0 Å². The minimum atomic E-state index is -0.963. The Balaban J connectivity index is 4.08. The van der Waals surface area contributed by atoms with E-state index in [1.54, 1.807) is 0 Å². The van der Waals surface area contributed by atoms with E-state index >= 15 is 0 Å². The average Bonchev–Trinajstić information content (AvgIpc) is 1.84. The third-order valence-electron chi connectivity index (χ3n) is 0.664. The number of carbonyl (C=O) groups excluding carboxylic acids is 2. The Labute approximate surface area is 56.6 Å². The lowest BCUT2D eigenvalue weighted by atomic mass is 10.6. The van der Waals surface area contributed by atoms with Gasteiger partial charge in [-0.15, -0.1) is 0 Å². The zero-order valence-corrected chi connectivity index (χ0v) is 5.34. The van der Waals surface area contributed by atoms with Crippen molar-refractivity contribution in [3.8, 4) is 6.07 Å². The molecule has 0 aliphatic heterocycles. The van der Waals surface area contributed by atoms with E-state index in [2.05, 4.69) is 0 Å². The van der Waals surface area contributed by atoms with Crippen LogP contribution in [0.25, 0.3) is 0 Å². The number of amides is 2. The number of carbonyl (C=O) groups is 2. The van der Waals surface area contributed by atoms with Gasteiger partial charge in [0.15, 0.2) is 6.07 Å². The van der Waals surface area contributed by atoms with Gasteiger partial charge in [-0.3, -0.25) is 14.5 Å². The van der Waals surface area contributed by atoms with Crippen molar-refractivity contribution >= 4 is 22.9 Å². The summed E-state index contributed by atoms with van der Waals surface area (Å²) in [5.41, 5.74) is 0. The molecule has 5 heteroatoms. The van der Waals surface area contributed by atoms with Gasteiger partial charge in [-0.25, -0.2) is 0 Å². The lowest BCUT2D eigenvalue weighted by Crippen LogP contribution is -2.27. The molecule has 2 amide bonds. The molecule has 0 heterocycles. The van der Waals surface area contributed by atoms with Gasteiger partial charge in [0.05, 0.1) is 0 Å². The van der Waals surface area contributed by atoms with Gasteiger partial charge in [-0.05, 0) is 11.6 Å². The van der Waals surface area contributed by atoms with Gasteiger partial charge in [-0.2, -0.15) is 5.26 Å². The fourth-order valence-corrected chi connectivity index (χ4v) is 0.232. The fourth-order valence-electron chi connectivity index (χ4n) is 0.155. The summed E-state index contributed by atoms with van der Waals surface area (Å²) in [6.45, 7) is 0. The molecule has 0 aromatic carbocycles. The van der Waals surface area contributed by atoms with Gasteiger partial charge in [0.1, 0.15) is 0 Å². The topological polar surface area (TPSA) is 61.2 Å². The normalized spacial score (nSPS) is 7.67. The minimum Gasteiger partial charge on any atom is -0.259 e. The summed E-state index contributed by atoms with van der Waals surface area (Å²) in [4.78, 5) is 20.8. The average molecular weight is 147 g/mol. The molecule has 9 heavy (non-hydrogen) atoms. The number of rotatable bonds is 0. The highest BCUT2D eigenvalue weighted by molar-refractivity contribution is 6.64. The molecule has 0 rings (SSSR count). The van der Waals surface area contributed by atoms with Crippen molar-refractivity contribution < 1.29 is 9.59 Å². The van der Waals surface area contributed by atoms with Crippen LogP contribution in [-0.4, -0.2) is 23.2 Å². The molecule has 0 spiro atoms. The predicted molar refractivity (Wildman–Crippen MR) is 29.6 cm³/mol. The van der Waals surface area contributed by atoms with E-state index in [0.717, 1.165) is 7.05 Å². The highest BCUT2D eigenvalue weighted by Crippen LogP contribution is 1.90. The summed E-state index contributed by atoms with van der Waals surface area (Å²) < 4.78 is 0. The first kappa shape index (κ1) is 7.92. The zero-order chi connectivity index (χ0) is 7.44. The van der Waals surface area contributed by atoms with Crippen LogP contribution in [0.15, 0.2) is 0 Å². The second kappa shape index (κ2) is 3.05. The molecule has 0 bridgehead atoms. The molecule has 0 fully saturated rings. The molecule has 0 atom stereocenters. The van der Waals surface area contributed by atoms with E-state index in [0.29, 0.717) is 4.90 Å². The van der Waals surface area contributed by atoms with Gasteiger partial charge in [0.25, 0.3) is 0 Å². The summed E-state index contributed by atoms with van der Waals surface area (Å²) in [5.74, 6) is -0.963. The molecule has 0 unspecified atom stereocenters. The SMILES string of the molecule is CN(C(=O)Cl)C(=O)C#N. The van der Waals surface area contributed by atoms with Crippen molar-refractivity contribution in [3.05, 3.63) is 0 Å². The maximum absolute atomic E-state index is 10.2. The third-order valence-corrected chi connectivity index (χ3v) is 0.918. The first-order valence-electron chi connectivity index (χ1n) is 1.97. The van der Waals surface area contributed by atoms with Crippen LogP contribution in [0.5, 0.6) is 0 Å².